The number of benzene rings is 1. The van der Waals surface area contributed by atoms with Gasteiger partial charge in [-0.25, -0.2) is 0 Å². The Hall–Kier alpha value is -0.540. The van der Waals surface area contributed by atoms with Crippen molar-refractivity contribution in [1.82, 2.24) is 5.32 Å². The molecule has 0 radical (unpaired) electrons. The number of hydrogen-bond donors (Lipinski definition) is 1. The molecule has 0 aliphatic heterocycles. The third-order valence-electron chi connectivity index (χ3n) is 3.02. The quantitative estimate of drug-likeness (QED) is 0.758. The van der Waals surface area contributed by atoms with Crippen molar-refractivity contribution in [3.05, 3.63) is 28.2 Å². The highest BCUT2D eigenvalue weighted by Crippen LogP contribution is 2.31. The van der Waals surface area contributed by atoms with Crippen molar-refractivity contribution in [1.29, 1.82) is 0 Å². The van der Waals surface area contributed by atoms with Crippen molar-refractivity contribution < 1.29 is 4.74 Å². The fourth-order valence-corrected chi connectivity index (χ4v) is 2.37. The lowest BCUT2D eigenvalue weighted by Gasteiger charge is -2.19. The molecule has 0 aromatic heterocycles. The van der Waals surface area contributed by atoms with Crippen molar-refractivity contribution in [3.8, 4) is 5.75 Å². The van der Waals surface area contributed by atoms with Crippen LogP contribution in [0.3, 0.4) is 0 Å². The molecule has 0 saturated heterocycles. The highest BCUT2D eigenvalue weighted by Gasteiger charge is 2.14. The van der Waals surface area contributed by atoms with Crippen LogP contribution in [0.25, 0.3) is 0 Å². The molecule has 1 unspecified atom stereocenters. The monoisotopic (exact) mass is 299 g/mol. The summed E-state index contributed by atoms with van der Waals surface area (Å²) in [4.78, 5) is 0. The molecule has 0 bridgehead atoms. The Morgan fingerprint density at radius 2 is 2.12 bits per heavy atom. The number of methoxy groups -OCH3 is 1. The third kappa shape index (κ3) is 4.32. The molecule has 1 atom stereocenters. The summed E-state index contributed by atoms with van der Waals surface area (Å²) in [7, 11) is 3.74. The summed E-state index contributed by atoms with van der Waals surface area (Å²) in [6.45, 7) is 2.23. The van der Waals surface area contributed by atoms with E-state index in [1.807, 2.05) is 13.1 Å². The second kappa shape index (κ2) is 7.72. The molecule has 3 heteroatoms. The van der Waals surface area contributed by atoms with Crippen LogP contribution >= 0.6 is 15.9 Å². The maximum Gasteiger partial charge on any atom is 0.124 e. The minimum Gasteiger partial charge on any atom is -0.496 e. The van der Waals surface area contributed by atoms with Gasteiger partial charge in [0, 0.05) is 16.1 Å². The van der Waals surface area contributed by atoms with Gasteiger partial charge in [-0.1, -0.05) is 48.2 Å². The van der Waals surface area contributed by atoms with Gasteiger partial charge in [0.05, 0.1) is 7.11 Å². The van der Waals surface area contributed by atoms with Crippen LogP contribution in [0.2, 0.25) is 0 Å². The van der Waals surface area contributed by atoms with E-state index in [1.165, 1.54) is 24.8 Å². The van der Waals surface area contributed by atoms with Crippen molar-refractivity contribution >= 4 is 15.9 Å². The standard InChI is InChI=1S/C14H22BrNO/c1-4-5-6-7-13(16-2)12-9-8-11(15)10-14(12)17-3/h8-10,13,16H,4-7H2,1-3H3. The molecular weight excluding hydrogens is 278 g/mol. The number of hydrogen-bond acceptors (Lipinski definition) is 2. The summed E-state index contributed by atoms with van der Waals surface area (Å²) >= 11 is 3.47. The van der Waals surface area contributed by atoms with Gasteiger partial charge >= 0.3 is 0 Å². The zero-order chi connectivity index (χ0) is 12.7. The molecule has 1 rings (SSSR count). The normalized spacial score (nSPS) is 12.5. The molecule has 0 aliphatic rings. The van der Waals surface area contributed by atoms with Crippen LogP contribution in [0.4, 0.5) is 0 Å². The summed E-state index contributed by atoms with van der Waals surface area (Å²) in [6, 6.07) is 6.61. The Bertz CT molecular complexity index is 341. The van der Waals surface area contributed by atoms with Gasteiger partial charge in [0.15, 0.2) is 0 Å². The molecule has 1 aromatic carbocycles. The third-order valence-corrected chi connectivity index (χ3v) is 3.51. The number of unbranched alkanes of at least 4 members (excludes halogenated alkanes) is 2. The molecular formula is C14H22BrNO. The Morgan fingerprint density at radius 3 is 2.71 bits per heavy atom. The molecule has 17 heavy (non-hydrogen) atoms. The number of rotatable bonds is 7. The average molecular weight is 300 g/mol. The van der Waals surface area contributed by atoms with Crippen LogP contribution < -0.4 is 10.1 Å². The Balaban J connectivity index is 2.79. The first-order valence-electron chi connectivity index (χ1n) is 6.23. The van der Waals surface area contributed by atoms with Gasteiger partial charge in [0.25, 0.3) is 0 Å². The summed E-state index contributed by atoms with van der Waals surface area (Å²) in [5, 5.41) is 3.38. The predicted molar refractivity (Wildman–Crippen MR) is 76.6 cm³/mol. The summed E-state index contributed by atoms with van der Waals surface area (Å²) in [6.07, 6.45) is 4.95. The average Bonchev–Trinajstić information content (AvgIpc) is 2.35. The maximum atomic E-state index is 5.45. The molecule has 0 amide bonds. The van der Waals surface area contributed by atoms with Crippen LogP contribution in [0, 0.1) is 0 Å². The second-order valence-corrected chi connectivity index (χ2v) is 5.14. The molecule has 1 aromatic rings. The summed E-state index contributed by atoms with van der Waals surface area (Å²) in [5.41, 5.74) is 1.24. The largest absolute Gasteiger partial charge is 0.496 e. The Labute approximate surface area is 113 Å². The van der Waals surface area contributed by atoms with Gasteiger partial charge in [-0.3, -0.25) is 0 Å². The highest BCUT2D eigenvalue weighted by atomic mass is 79.9. The molecule has 96 valence electrons. The lowest BCUT2D eigenvalue weighted by Crippen LogP contribution is -2.17. The minimum absolute atomic E-state index is 0.379. The van der Waals surface area contributed by atoms with E-state index in [9.17, 15) is 0 Å². The molecule has 0 heterocycles. The summed E-state index contributed by atoms with van der Waals surface area (Å²) in [5.74, 6) is 0.954. The highest BCUT2D eigenvalue weighted by molar-refractivity contribution is 9.10. The van der Waals surface area contributed by atoms with Crippen LogP contribution in [0.1, 0.15) is 44.2 Å². The van der Waals surface area contributed by atoms with E-state index in [0.29, 0.717) is 6.04 Å². The van der Waals surface area contributed by atoms with Gasteiger partial charge in [-0.05, 0) is 25.6 Å². The van der Waals surface area contributed by atoms with Gasteiger partial charge in [0.1, 0.15) is 5.75 Å². The van der Waals surface area contributed by atoms with Gasteiger partial charge in [0.2, 0.25) is 0 Å². The van der Waals surface area contributed by atoms with Crippen LogP contribution in [-0.4, -0.2) is 14.2 Å². The lowest BCUT2D eigenvalue weighted by molar-refractivity contribution is 0.396. The van der Waals surface area contributed by atoms with Crippen LogP contribution in [0.5, 0.6) is 5.75 Å². The SMILES string of the molecule is CCCCCC(NC)c1ccc(Br)cc1OC. The van der Waals surface area contributed by atoms with Crippen LogP contribution in [-0.2, 0) is 0 Å². The van der Waals surface area contributed by atoms with Crippen molar-refractivity contribution in [2.75, 3.05) is 14.2 Å². The fraction of sp³-hybridized carbons (Fsp3) is 0.571. The van der Waals surface area contributed by atoms with E-state index in [1.54, 1.807) is 7.11 Å². The smallest absolute Gasteiger partial charge is 0.124 e. The van der Waals surface area contributed by atoms with Gasteiger partial charge in [-0.2, -0.15) is 0 Å². The molecule has 0 fully saturated rings. The zero-order valence-corrected chi connectivity index (χ0v) is 12.5. The van der Waals surface area contributed by atoms with E-state index in [-0.39, 0.29) is 0 Å². The molecule has 0 saturated carbocycles. The molecule has 1 N–H and O–H groups in total. The van der Waals surface area contributed by atoms with Gasteiger partial charge < -0.3 is 10.1 Å². The fourth-order valence-electron chi connectivity index (χ4n) is 2.03. The zero-order valence-electron chi connectivity index (χ0n) is 10.9. The van der Waals surface area contributed by atoms with Crippen LogP contribution in [0.15, 0.2) is 22.7 Å². The number of ether oxygens (including phenoxy) is 1. The summed E-state index contributed by atoms with van der Waals surface area (Å²) < 4.78 is 6.50. The molecule has 0 aliphatic carbocycles. The van der Waals surface area contributed by atoms with E-state index in [4.69, 9.17) is 4.74 Å². The Morgan fingerprint density at radius 1 is 1.35 bits per heavy atom. The topological polar surface area (TPSA) is 21.3 Å². The van der Waals surface area contributed by atoms with E-state index in [2.05, 4.69) is 40.3 Å². The minimum atomic E-state index is 0.379. The van der Waals surface area contributed by atoms with Crippen molar-refractivity contribution in [2.45, 2.75) is 38.6 Å². The Kier molecular flexibility index (Phi) is 6.60. The van der Waals surface area contributed by atoms with E-state index >= 15 is 0 Å². The lowest BCUT2D eigenvalue weighted by atomic mass is 10.00. The maximum absolute atomic E-state index is 5.45. The second-order valence-electron chi connectivity index (χ2n) is 4.22. The molecule has 0 spiro atoms. The number of nitrogens with one attached hydrogen (secondary N) is 1. The first-order valence-corrected chi connectivity index (χ1v) is 7.03. The van der Waals surface area contributed by atoms with E-state index < -0.39 is 0 Å². The van der Waals surface area contributed by atoms with Crippen molar-refractivity contribution in [2.24, 2.45) is 0 Å². The number of halogens is 1. The van der Waals surface area contributed by atoms with Crippen molar-refractivity contribution in [3.63, 3.8) is 0 Å². The first kappa shape index (κ1) is 14.5. The molecule has 2 nitrogen and oxygen atoms in total. The predicted octanol–water partition coefficient (Wildman–Crippen LogP) is 4.30. The van der Waals surface area contributed by atoms with E-state index in [0.717, 1.165) is 16.6 Å². The first-order chi connectivity index (χ1) is 8.22. The van der Waals surface area contributed by atoms with Gasteiger partial charge in [-0.15, -0.1) is 0 Å².